The van der Waals surface area contributed by atoms with Gasteiger partial charge in [0.15, 0.2) is 0 Å². The molecule has 13 heavy (non-hydrogen) atoms. The summed E-state index contributed by atoms with van der Waals surface area (Å²) in [6.45, 7) is 2.62. The normalized spacial score (nSPS) is 10.5. The van der Waals surface area contributed by atoms with Crippen molar-refractivity contribution in [2.75, 3.05) is 12.3 Å². The Kier molecular flexibility index (Phi) is 1.85. The standard InChI is InChI=1S/C10H12N2O/c1-2-13-12-6-5-8-7-9(11)3-4-10(8)12/h3-7H,2,11H2,1H3. The summed E-state index contributed by atoms with van der Waals surface area (Å²) >= 11 is 0. The van der Waals surface area contributed by atoms with Gasteiger partial charge in [-0.3, -0.25) is 0 Å². The van der Waals surface area contributed by atoms with Gasteiger partial charge in [0.1, 0.15) is 6.61 Å². The van der Waals surface area contributed by atoms with Crippen molar-refractivity contribution in [3.8, 4) is 0 Å². The van der Waals surface area contributed by atoms with Crippen molar-refractivity contribution in [1.82, 2.24) is 4.73 Å². The number of benzene rings is 1. The minimum absolute atomic E-state index is 0.661. The highest BCUT2D eigenvalue weighted by Gasteiger charge is 2.00. The number of hydrogen-bond donors (Lipinski definition) is 1. The molecule has 0 saturated carbocycles. The molecule has 0 atom stereocenters. The molecular weight excluding hydrogens is 164 g/mol. The molecule has 68 valence electrons. The van der Waals surface area contributed by atoms with Gasteiger partial charge in [-0.2, -0.15) is 4.73 Å². The predicted octanol–water partition coefficient (Wildman–Crippen LogP) is 1.67. The van der Waals surface area contributed by atoms with Gasteiger partial charge in [-0.05, 0) is 31.2 Å². The van der Waals surface area contributed by atoms with Gasteiger partial charge >= 0.3 is 0 Å². The lowest BCUT2D eigenvalue weighted by molar-refractivity contribution is 0.132. The summed E-state index contributed by atoms with van der Waals surface area (Å²) in [5.41, 5.74) is 7.49. The number of aromatic nitrogens is 1. The Labute approximate surface area is 76.7 Å². The molecule has 2 N–H and O–H groups in total. The number of nitrogen functional groups attached to an aromatic ring is 1. The van der Waals surface area contributed by atoms with Crippen molar-refractivity contribution >= 4 is 16.6 Å². The highest BCUT2D eigenvalue weighted by atomic mass is 16.7. The lowest BCUT2D eigenvalue weighted by atomic mass is 10.2. The smallest absolute Gasteiger partial charge is 0.112 e. The van der Waals surface area contributed by atoms with Gasteiger partial charge in [-0.1, -0.05) is 0 Å². The number of rotatable bonds is 2. The molecule has 0 aliphatic rings. The largest absolute Gasteiger partial charge is 0.414 e. The average molecular weight is 176 g/mol. The van der Waals surface area contributed by atoms with Crippen molar-refractivity contribution in [2.45, 2.75) is 6.92 Å². The molecule has 2 aromatic rings. The minimum atomic E-state index is 0.661. The Hall–Kier alpha value is -1.64. The Morgan fingerprint density at radius 1 is 1.38 bits per heavy atom. The van der Waals surface area contributed by atoms with Gasteiger partial charge in [-0.15, -0.1) is 0 Å². The summed E-state index contributed by atoms with van der Waals surface area (Å²) < 4.78 is 1.76. The van der Waals surface area contributed by atoms with E-state index in [4.69, 9.17) is 10.6 Å². The molecule has 0 amide bonds. The molecule has 1 aromatic carbocycles. The zero-order valence-electron chi connectivity index (χ0n) is 7.53. The van der Waals surface area contributed by atoms with Gasteiger partial charge in [0.05, 0.1) is 5.52 Å². The van der Waals surface area contributed by atoms with Crippen LogP contribution in [0.3, 0.4) is 0 Å². The van der Waals surface area contributed by atoms with Crippen LogP contribution in [0.15, 0.2) is 30.5 Å². The molecule has 0 saturated heterocycles. The monoisotopic (exact) mass is 176 g/mol. The average Bonchev–Trinajstić information content (AvgIpc) is 2.49. The summed E-state index contributed by atoms with van der Waals surface area (Å²) in [7, 11) is 0. The first-order valence-electron chi connectivity index (χ1n) is 4.31. The fourth-order valence-corrected chi connectivity index (χ4v) is 1.39. The van der Waals surface area contributed by atoms with E-state index in [1.807, 2.05) is 37.4 Å². The van der Waals surface area contributed by atoms with Gasteiger partial charge < -0.3 is 10.6 Å². The van der Waals surface area contributed by atoms with E-state index in [2.05, 4.69) is 0 Å². The Bertz CT molecular complexity index is 420. The van der Waals surface area contributed by atoms with Crippen LogP contribution in [0.25, 0.3) is 10.9 Å². The van der Waals surface area contributed by atoms with Crippen LogP contribution in [0.2, 0.25) is 0 Å². The molecule has 0 fully saturated rings. The zero-order chi connectivity index (χ0) is 9.26. The summed E-state index contributed by atoms with van der Waals surface area (Å²) in [4.78, 5) is 5.37. The molecule has 0 bridgehead atoms. The zero-order valence-corrected chi connectivity index (χ0v) is 7.53. The SMILES string of the molecule is CCOn1ccc2cc(N)ccc21. The first-order chi connectivity index (χ1) is 6.31. The van der Waals surface area contributed by atoms with Crippen molar-refractivity contribution in [1.29, 1.82) is 0 Å². The second-order valence-corrected chi connectivity index (χ2v) is 2.88. The van der Waals surface area contributed by atoms with Crippen molar-refractivity contribution in [3.63, 3.8) is 0 Å². The van der Waals surface area contributed by atoms with Crippen LogP contribution < -0.4 is 10.6 Å². The van der Waals surface area contributed by atoms with Crippen LogP contribution >= 0.6 is 0 Å². The maximum Gasteiger partial charge on any atom is 0.112 e. The van der Waals surface area contributed by atoms with Crippen LogP contribution in [-0.4, -0.2) is 11.3 Å². The number of nitrogens with two attached hydrogens (primary N) is 1. The maximum atomic E-state index is 5.66. The summed E-state index contributed by atoms with van der Waals surface area (Å²) in [5, 5.41) is 1.11. The van der Waals surface area contributed by atoms with Crippen molar-refractivity contribution < 1.29 is 4.84 Å². The van der Waals surface area contributed by atoms with Crippen LogP contribution in [0.1, 0.15) is 6.92 Å². The molecule has 3 nitrogen and oxygen atoms in total. The quantitative estimate of drug-likeness (QED) is 0.707. The first kappa shape index (κ1) is 7.98. The predicted molar refractivity (Wildman–Crippen MR) is 53.5 cm³/mol. The van der Waals surface area contributed by atoms with Crippen LogP contribution in [-0.2, 0) is 0 Å². The lowest BCUT2D eigenvalue weighted by Gasteiger charge is -2.04. The second kappa shape index (κ2) is 3.01. The lowest BCUT2D eigenvalue weighted by Crippen LogP contribution is -2.08. The Morgan fingerprint density at radius 2 is 2.23 bits per heavy atom. The number of fused-ring (bicyclic) bond motifs is 1. The summed E-state index contributed by atoms with van der Waals surface area (Å²) in [6.07, 6.45) is 1.90. The Morgan fingerprint density at radius 3 is 3.00 bits per heavy atom. The molecule has 3 heteroatoms. The van der Waals surface area contributed by atoms with E-state index in [0.717, 1.165) is 16.6 Å². The van der Waals surface area contributed by atoms with Crippen LogP contribution in [0.4, 0.5) is 5.69 Å². The minimum Gasteiger partial charge on any atom is -0.414 e. The van der Waals surface area contributed by atoms with Crippen molar-refractivity contribution in [2.24, 2.45) is 0 Å². The van der Waals surface area contributed by atoms with E-state index in [0.29, 0.717) is 6.61 Å². The Balaban J connectivity index is 2.55. The molecular formula is C10H12N2O. The van der Waals surface area contributed by atoms with E-state index in [1.54, 1.807) is 4.73 Å². The van der Waals surface area contributed by atoms with Gasteiger partial charge in [0.2, 0.25) is 0 Å². The fraction of sp³-hybridized carbons (Fsp3) is 0.200. The van der Waals surface area contributed by atoms with E-state index in [9.17, 15) is 0 Å². The topological polar surface area (TPSA) is 40.2 Å². The van der Waals surface area contributed by atoms with E-state index in [1.165, 1.54) is 0 Å². The molecule has 0 unspecified atom stereocenters. The van der Waals surface area contributed by atoms with Crippen molar-refractivity contribution in [3.05, 3.63) is 30.5 Å². The third-order valence-corrected chi connectivity index (χ3v) is 1.95. The third-order valence-electron chi connectivity index (χ3n) is 1.95. The van der Waals surface area contributed by atoms with Gasteiger partial charge in [-0.25, -0.2) is 0 Å². The molecule has 1 heterocycles. The summed E-state index contributed by atoms with van der Waals surface area (Å²) in [5.74, 6) is 0. The van der Waals surface area contributed by atoms with Crippen LogP contribution in [0.5, 0.6) is 0 Å². The van der Waals surface area contributed by atoms with Crippen LogP contribution in [0, 0.1) is 0 Å². The molecule has 0 aliphatic heterocycles. The van der Waals surface area contributed by atoms with Gasteiger partial charge in [0.25, 0.3) is 0 Å². The molecule has 0 spiro atoms. The fourth-order valence-electron chi connectivity index (χ4n) is 1.39. The highest BCUT2D eigenvalue weighted by Crippen LogP contribution is 2.17. The van der Waals surface area contributed by atoms with Gasteiger partial charge in [0, 0.05) is 17.3 Å². The number of hydrogen-bond acceptors (Lipinski definition) is 2. The summed E-state index contributed by atoms with van der Waals surface area (Å²) in [6, 6.07) is 7.75. The third kappa shape index (κ3) is 1.33. The molecule has 2 rings (SSSR count). The molecule has 0 aliphatic carbocycles. The second-order valence-electron chi connectivity index (χ2n) is 2.88. The maximum absolute atomic E-state index is 5.66. The van der Waals surface area contributed by atoms with E-state index in [-0.39, 0.29) is 0 Å². The number of nitrogens with zero attached hydrogens (tertiary/aromatic N) is 1. The first-order valence-corrected chi connectivity index (χ1v) is 4.31. The number of anilines is 1. The highest BCUT2D eigenvalue weighted by molar-refractivity contribution is 5.82. The van der Waals surface area contributed by atoms with E-state index < -0.39 is 0 Å². The molecule has 1 aromatic heterocycles. The van der Waals surface area contributed by atoms with E-state index >= 15 is 0 Å². The molecule has 0 radical (unpaired) electrons.